The Hall–Kier alpha value is -1.52. The Morgan fingerprint density at radius 2 is 2.19 bits per heavy atom. The summed E-state index contributed by atoms with van der Waals surface area (Å²) in [4.78, 5) is 19.6. The van der Waals surface area contributed by atoms with E-state index in [-0.39, 0.29) is 0 Å². The number of hydrogen-bond acceptors (Lipinski definition) is 10. The van der Waals surface area contributed by atoms with E-state index in [4.69, 9.17) is 4.74 Å². The van der Waals surface area contributed by atoms with Gasteiger partial charge in [0.25, 0.3) is 0 Å². The standard InChI is InChI=1S/C11H15N7OS2/c1-2-12-8-15-9(18-3-5-19-6-4-18)17-10(16-8)20-11-13-7-14-21-11/h7H,2-6H2,1H3,(H,12,15,16,17). The Balaban J connectivity index is 1.85. The average Bonchev–Trinajstić information content (AvgIpc) is 3.01. The second kappa shape index (κ2) is 6.96. The molecule has 0 aromatic carbocycles. The zero-order valence-corrected chi connectivity index (χ0v) is 13.2. The van der Waals surface area contributed by atoms with E-state index in [2.05, 4.69) is 34.5 Å². The van der Waals surface area contributed by atoms with E-state index in [0.29, 0.717) is 30.3 Å². The number of hydrogen-bond donors (Lipinski definition) is 1. The molecular formula is C11H15N7OS2. The van der Waals surface area contributed by atoms with Gasteiger partial charge in [0.05, 0.1) is 13.2 Å². The van der Waals surface area contributed by atoms with Gasteiger partial charge in [-0.2, -0.15) is 19.3 Å². The van der Waals surface area contributed by atoms with Crippen LogP contribution in [0.2, 0.25) is 0 Å². The van der Waals surface area contributed by atoms with E-state index in [1.807, 2.05) is 6.92 Å². The van der Waals surface area contributed by atoms with Crippen molar-refractivity contribution in [1.29, 1.82) is 0 Å². The van der Waals surface area contributed by atoms with Crippen molar-refractivity contribution in [3.8, 4) is 0 Å². The van der Waals surface area contributed by atoms with Crippen molar-refractivity contribution in [1.82, 2.24) is 24.3 Å². The predicted octanol–water partition coefficient (Wildman–Crippen LogP) is 1.14. The van der Waals surface area contributed by atoms with Crippen molar-refractivity contribution in [3.63, 3.8) is 0 Å². The fraction of sp³-hybridized carbons (Fsp3) is 0.545. The van der Waals surface area contributed by atoms with Crippen LogP contribution in [0.5, 0.6) is 0 Å². The van der Waals surface area contributed by atoms with Crippen LogP contribution in [-0.2, 0) is 4.74 Å². The molecule has 21 heavy (non-hydrogen) atoms. The second-order valence-electron chi connectivity index (χ2n) is 4.18. The van der Waals surface area contributed by atoms with Crippen molar-refractivity contribution < 1.29 is 4.74 Å². The molecule has 8 nitrogen and oxygen atoms in total. The van der Waals surface area contributed by atoms with E-state index in [1.165, 1.54) is 29.6 Å². The molecule has 1 saturated heterocycles. The third kappa shape index (κ3) is 3.77. The molecule has 112 valence electrons. The number of nitrogens with zero attached hydrogens (tertiary/aromatic N) is 6. The van der Waals surface area contributed by atoms with Crippen LogP contribution in [0.25, 0.3) is 0 Å². The topological polar surface area (TPSA) is 89.0 Å². The number of morpholine rings is 1. The number of ether oxygens (including phenoxy) is 1. The zero-order chi connectivity index (χ0) is 14.5. The van der Waals surface area contributed by atoms with Gasteiger partial charge in [0.15, 0.2) is 4.34 Å². The maximum atomic E-state index is 5.36. The average molecular weight is 325 g/mol. The lowest BCUT2D eigenvalue weighted by Crippen LogP contribution is -2.37. The summed E-state index contributed by atoms with van der Waals surface area (Å²) in [6, 6.07) is 0. The summed E-state index contributed by atoms with van der Waals surface area (Å²) in [7, 11) is 0. The molecule has 10 heteroatoms. The van der Waals surface area contributed by atoms with Crippen LogP contribution in [0.15, 0.2) is 15.8 Å². The molecule has 1 aliphatic heterocycles. The minimum absolute atomic E-state index is 0.584. The predicted molar refractivity (Wildman–Crippen MR) is 81.1 cm³/mol. The van der Waals surface area contributed by atoms with E-state index >= 15 is 0 Å². The van der Waals surface area contributed by atoms with Gasteiger partial charge in [-0.15, -0.1) is 0 Å². The Bertz CT molecular complexity index is 574. The highest BCUT2D eigenvalue weighted by Gasteiger charge is 2.17. The Morgan fingerprint density at radius 1 is 1.33 bits per heavy atom. The number of anilines is 2. The van der Waals surface area contributed by atoms with Gasteiger partial charge < -0.3 is 15.0 Å². The molecule has 2 aromatic rings. The van der Waals surface area contributed by atoms with Gasteiger partial charge in [0.2, 0.25) is 17.1 Å². The summed E-state index contributed by atoms with van der Waals surface area (Å²) in [5.41, 5.74) is 0. The van der Waals surface area contributed by atoms with Crippen LogP contribution < -0.4 is 10.2 Å². The molecule has 0 amide bonds. The molecule has 3 rings (SSSR count). The fourth-order valence-corrected chi connectivity index (χ4v) is 3.12. The van der Waals surface area contributed by atoms with E-state index in [0.717, 1.165) is 24.0 Å². The maximum Gasteiger partial charge on any atom is 0.231 e. The molecule has 0 bridgehead atoms. The van der Waals surface area contributed by atoms with Crippen LogP contribution in [0, 0.1) is 0 Å². The highest BCUT2D eigenvalue weighted by Crippen LogP contribution is 2.27. The summed E-state index contributed by atoms with van der Waals surface area (Å²) in [5, 5.41) is 3.77. The molecular weight excluding hydrogens is 310 g/mol. The van der Waals surface area contributed by atoms with E-state index in [1.54, 1.807) is 0 Å². The molecule has 0 saturated carbocycles. The number of aromatic nitrogens is 5. The second-order valence-corrected chi connectivity index (χ2v) is 6.18. The lowest BCUT2D eigenvalue weighted by molar-refractivity contribution is 0.122. The van der Waals surface area contributed by atoms with Crippen LogP contribution in [0.4, 0.5) is 11.9 Å². The molecule has 1 fully saturated rings. The highest BCUT2D eigenvalue weighted by molar-refractivity contribution is 8.00. The molecule has 0 atom stereocenters. The lowest BCUT2D eigenvalue weighted by Gasteiger charge is -2.27. The maximum absolute atomic E-state index is 5.36. The summed E-state index contributed by atoms with van der Waals surface area (Å²) in [6.07, 6.45) is 1.53. The summed E-state index contributed by atoms with van der Waals surface area (Å²) >= 11 is 2.72. The lowest BCUT2D eigenvalue weighted by atomic mass is 10.4. The van der Waals surface area contributed by atoms with Gasteiger partial charge in [-0.1, -0.05) is 0 Å². The first-order valence-electron chi connectivity index (χ1n) is 6.62. The molecule has 2 aromatic heterocycles. The van der Waals surface area contributed by atoms with E-state index < -0.39 is 0 Å². The van der Waals surface area contributed by atoms with Gasteiger partial charge >= 0.3 is 0 Å². The molecule has 0 unspecified atom stereocenters. The van der Waals surface area contributed by atoms with Crippen LogP contribution in [-0.4, -0.2) is 57.2 Å². The van der Waals surface area contributed by atoms with Crippen molar-refractivity contribution in [2.75, 3.05) is 43.1 Å². The molecule has 1 N–H and O–H groups in total. The Kier molecular flexibility index (Phi) is 4.78. The van der Waals surface area contributed by atoms with Crippen molar-refractivity contribution in [3.05, 3.63) is 6.33 Å². The molecule has 0 spiro atoms. The highest BCUT2D eigenvalue weighted by atomic mass is 32.2. The van der Waals surface area contributed by atoms with Gasteiger partial charge in [0, 0.05) is 19.6 Å². The minimum atomic E-state index is 0.584. The number of rotatable bonds is 5. The summed E-state index contributed by atoms with van der Waals surface area (Å²) in [5.74, 6) is 1.26. The number of nitrogens with one attached hydrogen (secondary N) is 1. The Labute approximate surface area is 130 Å². The summed E-state index contributed by atoms with van der Waals surface area (Å²) < 4.78 is 10.2. The SMILES string of the molecule is CCNc1nc(Sc2ncns2)nc(N2CCOCC2)n1. The quantitative estimate of drug-likeness (QED) is 0.869. The van der Waals surface area contributed by atoms with Crippen LogP contribution in [0.3, 0.4) is 0 Å². The van der Waals surface area contributed by atoms with Gasteiger partial charge in [-0.3, -0.25) is 0 Å². The first kappa shape index (κ1) is 14.4. The molecule has 3 heterocycles. The summed E-state index contributed by atoms with van der Waals surface area (Å²) in [6.45, 7) is 5.74. The van der Waals surface area contributed by atoms with Gasteiger partial charge in [0.1, 0.15) is 6.33 Å². The minimum Gasteiger partial charge on any atom is -0.378 e. The van der Waals surface area contributed by atoms with Gasteiger partial charge in [-0.05, 0) is 30.2 Å². The first-order chi connectivity index (χ1) is 10.3. The third-order valence-electron chi connectivity index (χ3n) is 2.75. The Morgan fingerprint density at radius 3 is 2.90 bits per heavy atom. The normalized spacial score (nSPS) is 15.2. The van der Waals surface area contributed by atoms with Crippen LogP contribution in [0.1, 0.15) is 6.92 Å². The smallest absolute Gasteiger partial charge is 0.231 e. The van der Waals surface area contributed by atoms with Crippen molar-refractivity contribution in [2.45, 2.75) is 16.4 Å². The fourth-order valence-electron chi connectivity index (χ4n) is 1.82. The van der Waals surface area contributed by atoms with Crippen molar-refractivity contribution in [2.24, 2.45) is 0 Å². The van der Waals surface area contributed by atoms with E-state index in [9.17, 15) is 0 Å². The largest absolute Gasteiger partial charge is 0.378 e. The zero-order valence-electron chi connectivity index (χ0n) is 11.5. The molecule has 0 radical (unpaired) electrons. The van der Waals surface area contributed by atoms with Gasteiger partial charge in [-0.25, -0.2) is 4.98 Å². The first-order valence-corrected chi connectivity index (χ1v) is 8.21. The third-order valence-corrected chi connectivity index (χ3v) is 4.33. The monoisotopic (exact) mass is 325 g/mol. The molecule has 0 aliphatic carbocycles. The molecule has 1 aliphatic rings. The van der Waals surface area contributed by atoms with Crippen LogP contribution >= 0.6 is 23.3 Å². The van der Waals surface area contributed by atoms with Crippen molar-refractivity contribution >= 4 is 35.2 Å².